The van der Waals surface area contributed by atoms with E-state index in [2.05, 4.69) is 10.6 Å². The molecule has 1 rings (SSSR count). The first kappa shape index (κ1) is 15.8. The van der Waals surface area contributed by atoms with E-state index in [1.165, 1.54) is 0 Å². The van der Waals surface area contributed by atoms with Gasteiger partial charge in [0.15, 0.2) is 0 Å². The number of ether oxygens (including phenoxy) is 1. The maximum Gasteiger partial charge on any atom is 0.407 e. The van der Waals surface area contributed by atoms with E-state index in [0.29, 0.717) is 19.4 Å². The molecule has 6 nitrogen and oxygen atoms in total. The van der Waals surface area contributed by atoms with Crippen LogP contribution in [0.25, 0.3) is 0 Å². The zero-order valence-electron chi connectivity index (χ0n) is 12.1. The largest absolute Gasteiger partial charge is 0.444 e. The van der Waals surface area contributed by atoms with Crippen LogP contribution in [0.3, 0.4) is 0 Å². The fraction of sp³-hybridized carbons (Fsp3) is 0.846. The molecular formula is C13H25N3O3. The Morgan fingerprint density at radius 3 is 2.47 bits per heavy atom. The molecule has 0 aromatic carbocycles. The first-order chi connectivity index (χ1) is 8.88. The molecule has 0 aromatic heterocycles. The van der Waals surface area contributed by atoms with Crippen molar-refractivity contribution in [2.24, 2.45) is 0 Å². The van der Waals surface area contributed by atoms with Gasteiger partial charge < -0.3 is 20.3 Å². The normalized spacial score (nSPS) is 16.1. The molecule has 19 heavy (non-hydrogen) atoms. The summed E-state index contributed by atoms with van der Waals surface area (Å²) in [4.78, 5) is 25.1. The fourth-order valence-corrected chi connectivity index (χ4v) is 1.82. The molecule has 0 spiro atoms. The van der Waals surface area contributed by atoms with Crippen molar-refractivity contribution in [1.82, 2.24) is 15.5 Å². The van der Waals surface area contributed by atoms with E-state index in [1.807, 2.05) is 25.7 Å². The van der Waals surface area contributed by atoms with Crippen LogP contribution < -0.4 is 10.6 Å². The van der Waals surface area contributed by atoms with Crippen LogP contribution in [0.4, 0.5) is 4.79 Å². The Bertz CT molecular complexity index is 307. The van der Waals surface area contributed by atoms with Crippen molar-refractivity contribution < 1.29 is 14.3 Å². The molecule has 6 heteroatoms. The van der Waals surface area contributed by atoms with Crippen molar-refractivity contribution in [2.75, 3.05) is 32.7 Å². The summed E-state index contributed by atoms with van der Waals surface area (Å²) in [7, 11) is 0. The molecule has 0 atom stereocenters. The second kappa shape index (κ2) is 7.33. The number of hydrogen-bond donors (Lipinski definition) is 2. The van der Waals surface area contributed by atoms with Crippen molar-refractivity contribution in [2.45, 2.75) is 39.2 Å². The van der Waals surface area contributed by atoms with Gasteiger partial charge in [0.05, 0.1) is 0 Å². The zero-order valence-corrected chi connectivity index (χ0v) is 12.1. The van der Waals surface area contributed by atoms with E-state index in [0.717, 1.165) is 26.2 Å². The van der Waals surface area contributed by atoms with Crippen LogP contribution in [0.5, 0.6) is 0 Å². The van der Waals surface area contributed by atoms with Crippen LogP contribution in [0, 0.1) is 0 Å². The lowest BCUT2D eigenvalue weighted by Gasteiger charge is -2.27. The highest BCUT2D eigenvalue weighted by atomic mass is 16.6. The Morgan fingerprint density at radius 1 is 1.26 bits per heavy atom. The number of amides is 2. The summed E-state index contributed by atoms with van der Waals surface area (Å²) in [6, 6.07) is 0. The summed E-state index contributed by atoms with van der Waals surface area (Å²) >= 11 is 0. The summed E-state index contributed by atoms with van der Waals surface area (Å²) in [6.07, 6.45) is 0.680. The molecule has 1 aliphatic rings. The minimum atomic E-state index is -0.485. The molecule has 2 amide bonds. The monoisotopic (exact) mass is 271 g/mol. The van der Waals surface area contributed by atoms with Gasteiger partial charge in [-0.3, -0.25) is 4.79 Å². The van der Waals surface area contributed by atoms with Gasteiger partial charge in [0.2, 0.25) is 5.91 Å². The SMILES string of the molecule is CC(C)(C)OC(=O)NCCCC(=O)N1CCNCC1. The summed E-state index contributed by atoms with van der Waals surface area (Å²) in [6.45, 7) is 9.20. The fourth-order valence-electron chi connectivity index (χ4n) is 1.82. The molecule has 0 aliphatic carbocycles. The van der Waals surface area contributed by atoms with Gasteiger partial charge >= 0.3 is 6.09 Å². The van der Waals surface area contributed by atoms with Crippen molar-refractivity contribution in [3.63, 3.8) is 0 Å². The van der Waals surface area contributed by atoms with Gasteiger partial charge in [-0.05, 0) is 27.2 Å². The quantitative estimate of drug-likeness (QED) is 0.739. The van der Waals surface area contributed by atoms with Crippen molar-refractivity contribution >= 4 is 12.0 Å². The second-order valence-electron chi connectivity index (χ2n) is 5.66. The van der Waals surface area contributed by atoms with Crippen LogP contribution in [0.2, 0.25) is 0 Å². The number of carbonyl (C=O) groups is 2. The Kier molecular flexibility index (Phi) is 6.08. The number of piperazine rings is 1. The predicted molar refractivity (Wildman–Crippen MR) is 72.9 cm³/mol. The molecule has 0 saturated carbocycles. The Morgan fingerprint density at radius 2 is 1.89 bits per heavy atom. The van der Waals surface area contributed by atoms with Crippen LogP contribution >= 0.6 is 0 Å². The molecule has 0 aromatic rings. The zero-order chi connectivity index (χ0) is 14.3. The third kappa shape index (κ3) is 7.00. The molecule has 1 saturated heterocycles. The molecule has 0 bridgehead atoms. The van der Waals surface area contributed by atoms with Gasteiger partial charge in [0.25, 0.3) is 0 Å². The maximum absolute atomic E-state index is 11.8. The average molecular weight is 271 g/mol. The molecule has 1 fully saturated rings. The molecule has 0 radical (unpaired) electrons. The summed E-state index contributed by atoms with van der Waals surface area (Å²) in [5, 5.41) is 5.86. The second-order valence-corrected chi connectivity index (χ2v) is 5.66. The summed E-state index contributed by atoms with van der Waals surface area (Å²) < 4.78 is 5.11. The highest BCUT2D eigenvalue weighted by molar-refractivity contribution is 5.76. The molecular weight excluding hydrogens is 246 g/mol. The number of hydrogen-bond acceptors (Lipinski definition) is 4. The van der Waals surface area contributed by atoms with E-state index in [4.69, 9.17) is 4.74 Å². The number of carbonyl (C=O) groups excluding carboxylic acids is 2. The topological polar surface area (TPSA) is 70.7 Å². The maximum atomic E-state index is 11.8. The first-order valence-electron chi connectivity index (χ1n) is 6.84. The number of alkyl carbamates (subject to hydrolysis) is 1. The standard InChI is InChI=1S/C13H25N3O3/c1-13(2,3)19-12(18)15-6-4-5-11(17)16-9-7-14-8-10-16/h14H,4-10H2,1-3H3,(H,15,18). The number of nitrogens with one attached hydrogen (secondary N) is 2. The predicted octanol–water partition coefficient (Wildman–Crippen LogP) is 0.723. The van der Waals surface area contributed by atoms with Crippen molar-refractivity contribution in [3.8, 4) is 0 Å². The van der Waals surface area contributed by atoms with Crippen LogP contribution in [-0.4, -0.2) is 55.2 Å². The lowest BCUT2D eigenvalue weighted by molar-refractivity contribution is -0.131. The van der Waals surface area contributed by atoms with E-state index >= 15 is 0 Å². The average Bonchev–Trinajstić information content (AvgIpc) is 2.33. The molecule has 1 aliphatic heterocycles. The van der Waals surface area contributed by atoms with Crippen LogP contribution in [0.15, 0.2) is 0 Å². The molecule has 0 unspecified atom stereocenters. The highest BCUT2D eigenvalue weighted by Gasteiger charge is 2.17. The lowest BCUT2D eigenvalue weighted by atomic mass is 10.2. The Labute approximate surface area is 114 Å². The third-order valence-corrected chi connectivity index (χ3v) is 2.71. The Hall–Kier alpha value is -1.30. The molecule has 1 heterocycles. The van der Waals surface area contributed by atoms with Crippen LogP contribution in [0.1, 0.15) is 33.6 Å². The van der Waals surface area contributed by atoms with Gasteiger partial charge in [-0.1, -0.05) is 0 Å². The van der Waals surface area contributed by atoms with E-state index < -0.39 is 11.7 Å². The third-order valence-electron chi connectivity index (χ3n) is 2.71. The Balaban J connectivity index is 2.10. The summed E-state index contributed by atoms with van der Waals surface area (Å²) in [5.74, 6) is 0.160. The van der Waals surface area contributed by atoms with Gasteiger partial charge in [-0.25, -0.2) is 4.79 Å². The van der Waals surface area contributed by atoms with E-state index in [-0.39, 0.29) is 5.91 Å². The van der Waals surface area contributed by atoms with Crippen LogP contribution in [-0.2, 0) is 9.53 Å². The minimum Gasteiger partial charge on any atom is -0.444 e. The summed E-state index contributed by atoms with van der Waals surface area (Å²) in [5.41, 5.74) is -0.485. The lowest BCUT2D eigenvalue weighted by Crippen LogP contribution is -2.46. The highest BCUT2D eigenvalue weighted by Crippen LogP contribution is 2.06. The van der Waals surface area contributed by atoms with Gasteiger partial charge in [0, 0.05) is 39.1 Å². The first-order valence-corrected chi connectivity index (χ1v) is 6.84. The van der Waals surface area contributed by atoms with Crippen molar-refractivity contribution in [3.05, 3.63) is 0 Å². The molecule has 110 valence electrons. The van der Waals surface area contributed by atoms with E-state index in [9.17, 15) is 9.59 Å². The van der Waals surface area contributed by atoms with E-state index in [1.54, 1.807) is 0 Å². The van der Waals surface area contributed by atoms with Crippen molar-refractivity contribution in [1.29, 1.82) is 0 Å². The number of nitrogens with zero attached hydrogens (tertiary/aromatic N) is 1. The molecule has 2 N–H and O–H groups in total. The minimum absolute atomic E-state index is 0.160. The van der Waals surface area contributed by atoms with Gasteiger partial charge in [0.1, 0.15) is 5.60 Å². The van der Waals surface area contributed by atoms with Gasteiger partial charge in [-0.15, -0.1) is 0 Å². The number of rotatable bonds is 4. The smallest absolute Gasteiger partial charge is 0.407 e. The van der Waals surface area contributed by atoms with Gasteiger partial charge in [-0.2, -0.15) is 0 Å².